The maximum absolute atomic E-state index is 5.73. The van der Waals surface area contributed by atoms with Crippen LogP contribution in [0.25, 0.3) is 0 Å². The summed E-state index contributed by atoms with van der Waals surface area (Å²) in [4.78, 5) is 5.23. The second-order valence-corrected chi connectivity index (χ2v) is 5.28. The van der Waals surface area contributed by atoms with Crippen LogP contribution < -0.4 is 5.73 Å². The van der Waals surface area contributed by atoms with Gasteiger partial charge in [0, 0.05) is 31.2 Å². The van der Waals surface area contributed by atoms with Gasteiger partial charge in [-0.05, 0) is 46.2 Å². The summed E-state index contributed by atoms with van der Waals surface area (Å²) in [6.45, 7) is 5.65. The third-order valence-electron chi connectivity index (χ3n) is 4.04. The second-order valence-electron chi connectivity index (χ2n) is 5.28. The first-order valence-corrected chi connectivity index (χ1v) is 6.38. The van der Waals surface area contributed by atoms with Crippen molar-refractivity contribution >= 4 is 0 Å². The number of rotatable bonds is 3. The molecule has 0 bridgehead atoms. The Labute approximate surface area is 93.6 Å². The molecule has 2 N–H and O–H groups in total. The topological polar surface area (TPSA) is 32.5 Å². The van der Waals surface area contributed by atoms with E-state index >= 15 is 0 Å². The van der Waals surface area contributed by atoms with Gasteiger partial charge in [-0.15, -0.1) is 0 Å². The maximum Gasteiger partial charge on any atom is 0.0238 e. The van der Waals surface area contributed by atoms with E-state index in [-0.39, 0.29) is 0 Å². The molecular formula is C12H25N3. The van der Waals surface area contributed by atoms with E-state index in [1.807, 2.05) is 0 Å². The Morgan fingerprint density at radius 3 is 2.60 bits per heavy atom. The number of nitrogens with two attached hydrogens (primary N) is 1. The smallest absolute Gasteiger partial charge is 0.0238 e. The van der Waals surface area contributed by atoms with Crippen LogP contribution in [0, 0.1) is 0 Å². The molecule has 2 rings (SSSR count). The lowest BCUT2D eigenvalue weighted by molar-refractivity contribution is 0.168. The molecule has 0 radical (unpaired) electrons. The Morgan fingerprint density at radius 1 is 1.27 bits per heavy atom. The molecule has 3 nitrogen and oxygen atoms in total. The molecule has 0 aromatic rings. The summed E-state index contributed by atoms with van der Waals surface area (Å²) in [5.41, 5.74) is 5.73. The summed E-state index contributed by atoms with van der Waals surface area (Å²) in [6, 6.07) is 2.33. The molecule has 2 atom stereocenters. The molecule has 3 heteroatoms. The highest BCUT2D eigenvalue weighted by atomic mass is 15.3. The minimum atomic E-state index is 0.706. The van der Waals surface area contributed by atoms with Crippen LogP contribution in [0.1, 0.15) is 32.6 Å². The fourth-order valence-electron chi connectivity index (χ4n) is 2.69. The second kappa shape index (κ2) is 4.81. The van der Waals surface area contributed by atoms with Gasteiger partial charge in [-0.25, -0.2) is 0 Å². The quantitative estimate of drug-likeness (QED) is 0.752. The summed E-state index contributed by atoms with van der Waals surface area (Å²) in [5.74, 6) is 0. The van der Waals surface area contributed by atoms with Crippen molar-refractivity contribution in [2.24, 2.45) is 5.73 Å². The molecule has 0 aromatic heterocycles. The van der Waals surface area contributed by atoms with Crippen molar-refractivity contribution in [2.45, 2.75) is 50.7 Å². The van der Waals surface area contributed by atoms with E-state index in [4.69, 9.17) is 5.73 Å². The van der Waals surface area contributed by atoms with Crippen LogP contribution in [0.2, 0.25) is 0 Å². The lowest BCUT2D eigenvalue weighted by Gasteiger charge is -2.31. The molecule has 1 saturated heterocycles. The van der Waals surface area contributed by atoms with Crippen molar-refractivity contribution in [3.8, 4) is 0 Å². The molecule has 15 heavy (non-hydrogen) atoms. The van der Waals surface area contributed by atoms with Gasteiger partial charge in [0.2, 0.25) is 0 Å². The van der Waals surface area contributed by atoms with Crippen LogP contribution in [-0.2, 0) is 0 Å². The van der Waals surface area contributed by atoms with Crippen molar-refractivity contribution in [2.75, 3.05) is 26.7 Å². The molecule has 1 heterocycles. The van der Waals surface area contributed by atoms with Crippen molar-refractivity contribution in [1.29, 1.82) is 0 Å². The van der Waals surface area contributed by atoms with Crippen LogP contribution in [0.3, 0.4) is 0 Å². The molecule has 88 valence electrons. The lowest BCUT2D eigenvalue weighted by Crippen LogP contribution is -2.43. The van der Waals surface area contributed by atoms with Gasteiger partial charge >= 0.3 is 0 Å². The van der Waals surface area contributed by atoms with Gasteiger partial charge in [0.15, 0.2) is 0 Å². The Balaban J connectivity index is 2.00. The Bertz CT molecular complexity index is 203. The minimum Gasteiger partial charge on any atom is -0.330 e. The maximum atomic E-state index is 5.73. The normalized spacial score (nSPS) is 35.4. The average molecular weight is 211 g/mol. The Hall–Kier alpha value is -0.120. The summed E-state index contributed by atoms with van der Waals surface area (Å²) in [7, 11) is 2.25. The molecule has 0 aromatic carbocycles. The summed E-state index contributed by atoms with van der Waals surface area (Å²) >= 11 is 0. The van der Waals surface area contributed by atoms with Crippen molar-refractivity contribution in [3.05, 3.63) is 0 Å². The van der Waals surface area contributed by atoms with Crippen LogP contribution in [0.5, 0.6) is 0 Å². The molecule has 2 aliphatic rings. The van der Waals surface area contributed by atoms with E-state index < -0.39 is 0 Å². The first kappa shape index (κ1) is 11.4. The zero-order valence-corrected chi connectivity index (χ0v) is 10.2. The summed E-state index contributed by atoms with van der Waals surface area (Å²) < 4.78 is 0. The molecular weight excluding hydrogens is 186 g/mol. The highest BCUT2D eigenvalue weighted by Gasteiger charge is 2.36. The van der Waals surface area contributed by atoms with E-state index in [1.54, 1.807) is 0 Å². The molecule has 2 fully saturated rings. The fourth-order valence-corrected chi connectivity index (χ4v) is 2.69. The van der Waals surface area contributed by atoms with Crippen molar-refractivity contribution < 1.29 is 0 Å². The van der Waals surface area contributed by atoms with E-state index in [1.165, 1.54) is 32.4 Å². The highest BCUT2D eigenvalue weighted by molar-refractivity contribution is 4.92. The van der Waals surface area contributed by atoms with E-state index in [9.17, 15) is 0 Å². The molecule has 2 unspecified atom stereocenters. The van der Waals surface area contributed by atoms with Crippen molar-refractivity contribution in [1.82, 2.24) is 9.80 Å². The zero-order chi connectivity index (χ0) is 10.8. The molecule has 0 spiro atoms. The van der Waals surface area contributed by atoms with Crippen LogP contribution >= 0.6 is 0 Å². The van der Waals surface area contributed by atoms with Gasteiger partial charge in [0.1, 0.15) is 0 Å². The van der Waals surface area contributed by atoms with Gasteiger partial charge < -0.3 is 10.6 Å². The zero-order valence-electron chi connectivity index (χ0n) is 10.2. The number of hydrogen-bond acceptors (Lipinski definition) is 3. The monoisotopic (exact) mass is 211 g/mol. The van der Waals surface area contributed by atoms with Crippen molar-refractivity contribution in [3.63, 3.8) is 0 Å². The number of likely N-dealkylation sites (N-methyl/N-ethyl adjacent to an activating group) is 1. The third-order valence-corrected chi connectivity index (χ3v) is 4.04. The fraction of sp³-hybridized carbons (Fsp3) is 1.00. The van der Waals surface area contributed by atoms with Gasteiger partial charge in [-0.2, -0.15) is 0 Å². The van der Waals surface area contributed by atoms with E-state index in [0.29, 0.717) is 6.04 Å². The Morgan fingerprint density at radius 2 is 2.00 bits per heavy atom. The van der Waals surface area contributed by atoms with Gasteiger partial charge in [-0.3, -0.25) is 4.90 Å². The minimum absolute atomic E-state index is 0.706. The van der Waals surface area contributed by atoms with Gasteiger partial charge in [0.25, 0.3) is 0 Å². The summed E-state index contributed by atoms with van der Waals surface area (Å²) in [5, 5.41) is 0. The Kier molecular flexibility index (Phi) is 3.65. The third kappa shape index (κ3) is 2.71. The summed E-state index contributed by atoms with van der Waals surface area (Å²) in [6.07, 6.45) is 5.31. The average Bonchev–Trinajstić information content (AvgIpc) is 3.00. The van der Waals surface area contributed by atoms with Gasteiger partial charge in [-0.1, -0.05) is 0 Å². The SMILES string of the molecule is CC1CCN(C2CC2)C(CCN)CN1C. The number of nitrogens with zero attached hydrogens (tertiary/aromatic N) is 2. The molecule has 0 amide bonds. The standard InChI is InChI=1S/C12H25N3/c1-10-6-8-15(11-3-4-11)12(5-7-13)9-14(10)2/h10-12H,3-9,13H2,1-2H3. The molecule has 1 aliphatic heterocycles. The molecule has 1 saturated carbocycles. The highest BCUT2D eigenvalue weighted by Crippen LogP contribution is 2.31. The first-order chi connectivity index (χ1) is 7.22. The predicted molar refractivity (Wildman–Crippen MR) is 63.9 cm³/mol. The lowest BCUT2D eigenvalue weighted by atomic mass is 10.1. The largest absolute Gasteiger partial charge is 0.330 e. The van der Waals surface area contributed by atoms with E-state index in [0.717, 1.165) is 25.0 Å². The van der Waals surface area contributed by atoms with Crippen LogP contribution in [0.15, 0.2) is 0 Å². The van der Waals surface area contributed by atoms with Crippen LogP contribution in [-0.4, -0.2) is 54.6 Å². The van der Waals surface area contributed by atoms with Gasteiger partial charge in [0.05, 0.1) is 0 Å². The predicted octanol–water partition coefficient (Wildman–Crippen LogP) is 0.892. The number of hydrogen-bond donors (Lipinski definition) is 1. The van der Waals surface area contributed by atoms with Crippen LogP contribution in [0.4, 0.5) is 0 Å². The first-order valence-electron chi connectivity index (χ1n) is 6.38. The van der Waals surface area contributed by atoms with E-state index in [2.05, 4.69) is 23.8 Å². The molecule has 1 aliphatic carbocycles.